The van der Waals surface area contributed by atoms with Crippen molar-refractivity contribution >= 4 is 0 Å². The molecule has 1 saturated heterocycles. The summed E-state index contributed by atoms with van der Waals surface area (Å²) in [7, 11) is 0. The van der Waals surface area contributed by atoms with Gasteiger partial charge in [-0.05, 0) is 19.4 Å². The van der Waals surface area contributed by atoms with Gasteiger partial charge in [0.2, 0.25) is 0 Å². The Labute approximate surface area is 58.1 Å². The Bertz CT molecular complexity index is 74.0. The van der Waals surface area contributed by atoms with E-state index in [1.807, 2.05) is 0 Å². The van der Waals surface area contributed by atoms with Crippen molar-refractivity contribution in [3.8, 4) is 0 Å². The normalized spacial score (nSPS) is 27.0. The molecule has 1 fully saturated rings. The molecule has 1 N–H and O–H groups in total. The molecule has 0 spiro atoms. The molecule has 1 unspecified atom stereocenters. The van der Waals surface area contributed by atoms with E-state index in [2.05, 4.69) is 12.2 Å². The molecule has 0 aromatic heterocycles. The summed E-state index contributed by atoms with van der Waals surface area (Å²) in [5.74, 6) is 0. The van der Waals surface area contributed by atoms with E-state index in [-0.39, 0.29) is 1.43 Å². The zero-order chi connectivity index (χ0) is 6.53. The molecule has 0 aromatic carbocycles. The third-order valence-electron chi connectivity index (χ3n) is 1.65. The second-order valence-electron chi connectivity index (χ2n) is 2.44. The van der Waals surface area contributed by atoms with Crippen molar-refractivity contribution in [2.75, 3.05) is 19.7 Å². The molecule has 0 aromatic rings. The first-order valence-electron chi connectivity index (χ1n) is 3.76. The first-order valence-corrected chi connectivity index (χ1v) is 3.76. The smallest absolute Gasteiger partial charge is 0.0700 e. The van der Waals surface area contributed by atoms with Gasteiger partial charge in [0.05, 0.1) is 6.10 Å². The van der Waals surface area contributed by atoms with Crippen LogP contribution >= 0.6 is 0 Å². The summed E-state index contributed by atoms with van der Waals surface area (Å²) < 4.78 is 5.39. The van der Waals surface area contributed by atoms with Gasteiger partial charge in [0.1, 0.15) is 0 Å². The summed E-state index contributed by atoms with van der Waals surface area (Å²) >= 11 is 0. The molecule has 1 aliphatic heterocycles. The van der Waals surface area contributed by atoms with Gasteiger partial charge in [-0.25, -0.2) is 0 Å². The van der Waals surface area contributed by atoms with Gasteiger partial charge in [0, 0.05) is 14.6 Å². The Morgan fingerprint density at radius 1 is 1.78 bits per heavy atom. The van der Waals surface area contributed by atoms with Gasteiger partial charge in [0.15, 0.2) is 0 Å². The van der Waals surface area contributed by atoms with Crippen molar-refractivity contribution in [2.45, 2.75) is 25.9 Å². The molecule has 1 rings (SSSR count). The summed E-state index contributed by atoms with van der Waals surface area (Å²) in [5.41, 5.74) is 0. The molecule has 0 saturated carbocycles. The molecule has 2 nitrogen and oxygen atoms in total. The van der Waals surface area contributed by atoms with E-state index in [1.165, 1.54) is 12.8 Å². The number of likely N-dealkylation sites (N-methyl/N-ethyl adjacent to an activating group) is 1. The van der Waals surface area contributed by atoms with Crippen molar-refractivity contribution in [1.82, 2.24) is 5.32 Å². The zero-order valence-electron chi connectivity index (χ0n) is 6.02. The first kappa shape index (κ1) is 7.03. The van der Waals surface area contributed by atoms with Crippen LogP contribution in [0.25, 0.3) is 0 Å². The lowest BCUT2D eigenvalue weighted by Gasteiger charge is -2.07. The molecule has 1 aliphatic rings. The molecular formula is C7H17NO. The minimum atomic E-state index is 0. The summed E-state index contributed by atoms with van der Waals surface area (Å²) in [5, 5.41) is 3.27. The summed E-state index contributed by atoms with van der Waals surface area (Å²) in [6.45, 7) is 5.18. The highest BCUT2D eigenvalue weighted by molar-refractivity contribution is 4.66. The van der Waals surface area contributed by atoms with Crippen LogP contribution in [-0.2, 0) is 4.74 Å². The van der Waals surface area contributed by atoms with Crippen LogP contribution in [0, 0.1) is 0 Å². The maximum Gasteiger partial charge on any atom is 0.0700 e. The third-order valence-corrected chi connectivity index (χ3v) is 1.65. The number of rotatable bonds is 3. The number of nitrogens with one attached hydrogen (secondary N) is 1. The van der Waals surface area contributed by atoms with Crippen LogP contribution in [0.2, 0.25) is 0 Å². The number of ether oxygens (including phenoxy) is 1. The first-order chi connectivity index (χ1) is 4.43. The van der Waals surface area contributed by atoms with Crippen molar-refractivity contribution in [3.63, 3.8) is 0 Å². The molecule has 9 heavy (non-hydrogen) atoms. The van der Waals surface area contributed by atoms with Crippen LogP contribution < -0.4 is 5.32 Å². The number of hydrogen-bond acceptors (Lipinski definition) is 2. The second-order valence-corrected chi connectivity index (χ2v) is 2.44. The van der Waals surface area contributed by atoms with Crippen molar-refractivity contribution in [3.05, 3.63) is 0 Å². The van der Waals surface area contributed by atoms with Gasteiger partial charge in [-0.15, -0.1) is 0 Å². The van der Waals surface area contributed by atoms with E-state index in [9.17, 15) is 0 Å². The van der Waals surface area contributed by atoms with Gasteiger partial charge in [-0.1, -0.05) is 6.92 Å². The quantitative estimate of drug-likeness (QED) is 0.617. The van der Waals surface area contributed by atoms with E-state index in [4.69, 9.17) is 4.74 Å². The Morgan fingerprint density at radius 3 is 3.22 bits per heavy atom. The predicted molar refractivity (Wildman–Crippen MR) is 39.6 cm³/mol. The molecule has 2 heteroatoms. The summed E-state index contributed by atoms with van der Waals surface area (Å²) in [4.78, 5) is 0. The molecule has 56 valence electrons. The van der Waals surface area contributed by atoms with E-state index in [1.54, 1.807) is 0 Å². The SMILES string of the molecule is CCNCC1CCCO1.[HH]. The molecule has 0 amide bonds. The van der Waals surface area contributed by atoms with Crippen LogP contribution in [0.5, 0.6) is 0 Å². The monoisotopic (exact) mass is 131 g/mol. The van der Waals surface area contributed by atoms with Crippen LogP contribution in [0.15, 0.2) is 0 Å². The standard InChI is InChI=1S/C7H15NO.H2/c1-2-8-6-7-4-3-5-9-7;/h7-8H,2-6H2,1H3;1H. The lowest BCUT2D eigenvalue weighted by molar-refractivity contribution is 0.110. The molecule has 1 heterocycles. The van der Waals surface area contributed by atoms with Crippen LogP contribution in [0.1, 0.15) is 21.2 Å². The molecule has 0 aliphatic carbocycles. The van der Waals surface area contributed by atoms with Gasteiger partial charge in [-0.3, -0.25) is 0 Å². The fourth-order valence-corrected chi connectivity index (χ4v) is 1.11. The van der Waals surface area contributed by atoms with E-state index >= 15 is 0 Å². The maximum absolute atomic E-state index is 5.39. The average molecular weight is 131 g/mol. The van der Waals surface area contributed by atoms with Crippen LogP contribution in [-0.4, -0.2) is 25.8 Å². The third kappa shape index (κ3) is 2.33. The van der Waals surface area contributed by atoms with Gasteiger partial charge >= 0.3 is 0 Å². The summed E-state index contributed by atoms with van der Waals surface area (Å²) in [6, 6.07) is 0. The van der Waals surface area contributed by atoms with E-state index in [0.29, 0.717) is 6.10 Å². The highest BCUT2D eigenvalue weighted by atomic mass is 16.5. The van der Waals surface area contributed by atoms with Crippen molar-refractivity contribution in [1.29, 1.82) is 0 Å². The Morgan fingerprint density at radius 2 is 2.67 bits per heavy atom. The molecular weight excluding hydrogens is 114 g/mol. The second kappa shape index (κ2) is 3.85. The molecule has 0 bridgehead atoms. The highest BCUT2D eigenvalue weighted by Crippen LogP contribution is 2.09. The molecule has 1 atom stereocenters. The van der Waals surface area contributed by atoms with Gasteiger partial charge in [-0.2, -0.15) is 0 Å². The lowest BCUT2D eigenvalue weighted by Crippen LogP contribution is -2.25. The highest BCUT2D eigenvalue weighted by Gasteiger charge is 2.13. The Hall–Kier alpha value is -0.0800. The predicted octanol–water partition coefficient (Wildman–Crippen LogP) is 1.02. The minimum Gasteiger partial charge on any atom is -0.377 e. The zero-order valence-corrected chi connectivity index (χ0v) is 6.02. The van der Waals surface area contributed by atoms with Crippen molar-refractivity contribution < 1.29 is 6.16 Å². The number of hydrogen-bond donors (Lipinski definition) is 1. The topological polar surface area (TPSA) is 21.3 Å². The maximum atomic E-state index is 5.39. The van der Waals surface area contributed by atoms with E-state index in [0.717, 1.165) is 19.7 Å². The summed E-state index contributed by atoms with van der Waals surface area (Å²) in [6.07, 6.45) is 2.99. The van der Waals surface area contributed by atoms with Crippen molar-refractivity contribution in [2.24, 2.45) is 0 Å². The minimum absolute atomic E-state index is 0. The largest absolute Gasteiger partial charge is 0.377 e. The average Bonchev–Trinajstić information content (AvgIpc) is 2.34. The van der Waals surface area contributed by atoms with E-state index < -0.39 is 0 Å². The van der Waals surface area contributed by atoms with Crippen LogP contribution in [0.3, 0.4) is 0 Å². The molecule has 0 radical (unpaired) electrons. The lowest BCUT2D eigenvalue weighted by atomic mass is 10.2. The fourth-order valence-electron chi connectivity index (χ4n) is 1.11. The Kier molecular flexibility index (Phi) is 3.01. The van der Waals surface area contributed by atoms with Gasteiger partial charge < -0.3 is 10.1 Å². The van der Waals surface area contributed by atoms with Crippen LogP contribution in [0.4, 0.5) is 0 Å². The van der Waals surface area contributed by atoms with Gasteiger partial charge in [0.25, 0.3) is 0 Å². The fraction of sp³-hybridized carbons (Fsp3) is 1.00. The Balaban J connectivity index is 0.000000810.